The van der Waals surface area contributed by atoms with Gasteiger partial charge in [-0.05, 0) is 71.7 Å². The lowest BCUT2D eigenvalue weighted by Crippen LogP contribution is -2.59. The number of nitrogens with zero attached hydrogens (tertiary/aromatic N) is 1. The summed E-state index contributed by atoms with van der Waals surface area (Å²) in [5.74, 6) is 1.44. The molecule has 0 heterocycles. The summed E-state index contributed by atoms with van der Waals surface area (Å²) >= 11 is 0. The van der Waals surface area contributed by atoms with Gasteiger partial charge in [-0.25, -0.2) is 4.79 Å². The molecule has 0 fully saturated rings. The number of hydrogen-bond donors (Lipinski definition) is 3. The zero-order valence-electron chi connectivity index (χ0n) is 22.6. The van der Waals surface area contributed by atoms with Crippen LogP contribution in [-0.4, -0.2) is 51.7 Å². The first-order chi connectivity index (χ1) is 17.2. The fourth-order valence-corrected chi connectivity index (χ4v) is 3.83. The van der Waals surface area contributed by atoms with Gasteiger partial charge in [0.05, 0.1) is 6.61 Å². The maximum atomic E-state index is 13.9. The molecule has 2 aromatic carbocycles. The molecule has 3 amide bonds. The van der Waals surface area contributed by atoms with E-state index in [0.29, 0.717) is 16.8 Å². The topological polar surface area (TPSA) is 108 Å². The Hall–Kier alpha value is -3.83. The molecule has 2 atom stereocenters. The minimum Gasteiger partial charge on any atom is -0.444 e. The number of ether oxygens (including phenoxy) is 1. The number of aryl methyl sites for hydroxylation is 1. The van der Waals surface area contributed by atoms with Crippen LogP contribution in [0.2, 0.25) is 0 Å². The number of rotatable bonds is 7. The van der Waals surface area contributed by atoms with Gasteiger partial charge >= 0.3 is 6.09 Å². The second kappa shape index (κ2) is 11.9. The largest absolute Gasteiger partial charge is 0.444 e. The Morgan fingerprint density at radius 1 is 1.03 bits per heavy atom. The van der Waals surface area contributed by atoms with Gasteiger partial charge in [-0.1, -0.05) is 42.3 Å². The van der Waals surface area contributed by atoms with Gasteiger partial charge in [-0.3, -0.25) is 9.59 Å². The van der Waals surface area contributed by atoms with Crippen LogP contribution < -0.4 is 10.6 Å². The van der Waals surface area contributed by atoms with E-state index in [1.165, 1.54) is 4.90 Å². The van der Waals surface area contributed by atoms with E-state index in [-0.39, 0.29) is 0 Å². The summed E-state index contributed by atoms with van der Waals surface area (Å²) < 4.78 is 5.27. The highest BCUT2D eigenvalue weighted by atomic mass is 16.6. The van der Waals surface area contributed by atoms with Crippen LogP contribution >= 0.6 is 0 Å². The van der Waals surface area contributed by atoms with Crippen LogP contribution in [0.4, 0.5) is 10.5 Å². The molecule has 8 nitrogen and oxygen atoms in total. The quantitative estimate of drug-likeness (QED) is 0.488. The molecule has 0 aliphatic heterocycles. The molecular weight excluding hydrogens is 470 g/mol. The molecule has 2 aromatic rings. The maximum Gasteiger partial charge on any atom is 0.408 e. The van der Waals surface area contributed by atoms with Crippen LogP contribution in [0.3, 0.4) is 0 Å². The highest BCUT2D eigenvalue weighted by Crippen LogP contribution is 2.33. The highest BCUT2D eigenvalue weighted by Gasteiger charge is 2.42. The minimum absolute atomic E-state index is 0.438. The maximum absolute atomic E-state index is 13.9. The average molecular weight is 508 g/mol. The Bertz CT molecular complexity index is 1170. The van der Waals surface area contributed by atoms with Gasteiger partial charge in [0, 0.05) is 16.8 Å². The number of carbonyl (C=O) groups is 3. The van der Waals surface area contributed by atoms with E-state index in [0.717, 1.165) is 5.56 Å². The van der Waals surface area contributed by atoms with E-state index in [2.05, 4.69) is 16.6 Å². The summed E-state index contributed by atoms with van der Waals surface area (Å²) in [6.45, 7) is 11.5. The monoisotopic (exact) mass is 507 g/mol. The summed E-state index contributed by atoms with van der Waals surface area (Å²) in [4.78, 5) is 41.6. The standard InChI is InChI=1S/C29H37N3O5/c1-9-20-15-11-12-16-21(20)24(25(34)30-22-17-13-10-14-19(22)2)32(28(3,4)5)26(35)23(18-33)31-27(36)37-29(6,7)8/h1,10-17,23-24,33H,18H2,2-8H3,(H,30,34)(H,31,36). The second-order valence-electron chi connectivity index (χ2n) is 10.7. The molecule has 0 aromatic heterocycles. The number of terminal acetylenes is 1. The van der Waals surface area contributed by atoms with Gasteiger partial charge in [0.1, 0.15) is 17.7 Å². The van der Waals surface area contributed by atoms with Crippen molar-refractivity contribution in [1.29, 1.82) is 0 Å². The molecule has 0 aliphatic carbocycles. The molecule has 0 spiro atoms. The summed E-state index contributed by atoms with van der Waals surface area (Å²) in [6.07, 6.45) is 4.90. The average Bonchev–Trinajstić information content (AvgIpc) is 2.80. The highest BCUT2D eigenvalue weighted by molar-refractivity contribution is 6.00. The lowest BCUT2D eigenvalue weighted by molar-refractivity contribution is -0.147. The number of hydrogen-bond acceptors (Lipinski definition) is 5. The summed E-state index contributed by atoms with van der Waals surface area (Å²) in [5, 5.41) is 15.4. The zero-order valence-corrected chi connectivity index (χ0v) is 22.6. The number of nitrogens with one attached hydrogen (secondary N) is 2. The van der Waals surface area contributed by atoms with Crippen molar-refractivity contribution < 1.29 is 24.2 Å². The number of anilines is 1. The first kappa shape index (κ1) is 29.4. The number of aliphatic hydroxyl groups is 1. The first-order valence-corrected chi connectivity index (χ1v) is 12.0. The van der Waals surface area contributed by atoms with Crippen molar-refractivity contribution in [2.75, 3.05) is 11.9 Å². The summed E-state index contributed by atoms with van der Waals surface area (Å²) in [5.41, 5.74) is 0.577. The number of aliphatic hydroxyl groups excluding tert-OH is 1. The minimum atomic E-state index is -1.36. The van der Waals surface area contributed by atoms with Crippen molar-refractivity contribution in [2.24, 2.45) is 0 Å². The Kier molecular flexibility index (Phi) is 9.49. The summed E-state index contributed by atoms with van der Waals surface area (Å²) in [6, 6.07) is 11.6. The van der Waals surface area contributed by atoms with Gasteiger partial charge in [0.15, 0.2) is 0 Å². The third kappa shape index (κ3) is 7.83. The Morgan fingerprint density at radius 3 is 2.16 bits per heavy atom. The van der Waals surface area contributed by atoms with E-state index < -0.39 is 47.7 Å². The predicted molar refractivity (Wildman–Crippen MR) is 144 cm³/mol. The molecule has 0 saturated carbocycles. The third-order valence-corrected chi connectivity index (χ3v) is 5.45. The van der Waals surface area contributed by atoms with Crippen LogP contribution in [0, 0.1) is 19.3 Å². The smallest absolute Gasteiger partial charge is 0.408 e. The van der Waals surface area contributed by atoms with Crippen LogP contribution in [0.1, 0.15) is 64.3 Å². The van der Waals surface area contributed by atoms with Gasteiger partial charge in [-0.2, -0.15) is 0 Å². The van der Waals surface area contributed by atoms with Crippen molar-refractivity contribution >= 4 is 23.6 Å². The van der Waals surface area contributed by atoms with E-state index in [9.17, 15) is 19.5 Å². The normalized spacial score (nSPS) is 13.1. The molecule has 0 radical (unpaired) electrons. The van der Waals surface area contributed by atoms with Gasteiger partial charge in [-0.15, -0.1) is 6.42 Å². The Labute approximate surface area is 219 Å². The lowest BCUT2D eigenvalue weighted by atomic mass is 9.92. The SMILES string of the molecule is C#Cc1ccccc1C(C(=O)Nc1ccccc1C)N(C(=O)C(CO)NC(=O)OC(C)(C)C)C(C)(C)C. The van der Waals surface area contributed by atoms with Crippen LogP contribution in [0.15, 0.2) is 48.5 Å². The lowest BCUT2D eigenvalue weighted by Gasteiger charge is -2.43. The molecule has 37 heavy (non-hydrogen) atoms. The molecule has 2 rings (SSSR count). The third-order valence-electron chi connectivity index (χ3n) is 5.45. The zero-order chi connectivity index (χ0) is 28.0. The molecule has 0 bridgehead atoms. The van der Waals surface area contributed by atoms with Gasteiger partial charge < -0.3 is 25.4 Å². The fourth-order valence-electron chi connectivity index (χ4n) is 3.83. The van der Waals surface area contributed by atoms with E-state index >= 15 is 0 Å². The van der Waals surface area contributed by atoms with E-state index in [1.807, 2.05) is 19.1 Å². The predicted octanol–water partition coefficient (Wildman–Crippen LogP) is 4.17. The molecular formula is C29H37N3O5. The fraction of sp³-hybridized carbons (Fsp3) is 0.414. The first-order valence-electron chi connectivity index (χ1n) is 12.0. The van der Waals surface area contributed by atoms with Crippen LogP contribution in [0.25, 0.3) is 0 Å². The second-order valence-corrected chi connectivity index (χ2v) is 10.7. The molecule has 0 saturated heterocycles. The number of benzene rings is 2. The van der Waals surface area contributed by atoms with Crippen molar-refractivity contribution in [3.05, 3.63) is 65.2 Å². The van der Waals surface area contributed by atoms with Crippen LogP contribution in [0.5, 0.6) is 0 Å². The summed E-state index contributed by atoms with van der Waals surface area (Å²) in [7, 11) is 0. The molecule has 0 aliphatic rings. The molecule has 3 N–H and O–H groups in total. The number of carbonyl (C=O) groups excluding carboxylic acids is 3. The molecule has 2 unspecified atom stereocenters. The Balaban J connectivity index is 2.61. The number of para-hydroxylation sites is 1. The van der Waals surface area contributed by atoms with Crippen molar-refractivity contribution in [1.82, 2.24) is 10.2 Å². The molecule has 8 heteroatoms. The van der Waals surface area contributed by atoms with E-state index in [1.54, 1.807) is 77.9 Å². The van der Waals surface area contributed by atoms with Crippen molar-refractivity contribution in [2.45, 2.75) is 71.7 Å². The van der Waals surface area contributed by atoms with Crippen molar-refractivity contribution in [3.63, 3.8) is 0 Å². The number of amides is 3. The molecule has 198 valence electrons. The van der Waals surface area contributed by atoms with Gasteiger partial charge in [0.2, 0.25) is 5.91 Å². The Morgan fingerprint density at radius 2 is 1.62 bits per heavy atom. The number of alkyl carbamates (subject to hydrolysis) is 1. The van der Waals surface area contributed by atoms with Gasteiger partial charge in [0.25, 0.3) is 5.91 Å². The van der Waals surface area contributed by atoms with Crippen LogP contribution in [-0.2, 0) is 14.3 Å². The van der Waals surface area contributed by atoms with Crippen molar-refractivity contribution in [3.8, 4) is 12.3 Å². The van der Waals surface area contributed by atoms with E-state index in [4.69, 9.17) is 11.2 Å².